The zero-order valence-corrected chi connectivity index (χ0v) is 21.9. The molecule has 0 fully saturated rings. The molecule has 0 bridgehead atoms. The first-order valence-corrected chi connectivity index (χ1v) is 12.4. The Morgan fingerprint density at radius 3 is 2.53 bits per heavy atom. The Morgan fingerprint density at radius 2 is 1.79 bits per heavy atom. The second-order valence-electron chi connectivity index (χ2n) is 9.40. The fourth-order valence-corrected chi connectivity index (χ4v) is 4.60. The van der Waals surface area contributed by atoms with Crippen LogP contribution >= 0.6 is 11.6 Å². The number of anilines is 2. The van der Waals surface area contributed by atoms with Crippen LogP contribution in [-0.4, -0.2) is 55.1 Å². The Bertz CT molecular complexity index is 1620. The largest absolute Gasteiger partial charge is 0.417 e. The fraction of sp³-hybridized carbons (Fsp3) is 0.214. The Labute approximate surface area is 223 Å². The van der Waals surface area contributed by atoms with E-state index in [1.807, 2.05) is 37.2 Å². The predicted molar refractivity (Wildman–Crippen MR) is 149 cm³/mol. The number of carbonyl (C=O) groups excluding carboxylic acids is 2. The Kier molecular flexibility index (Phi) is 6.88. The van der Waals surface area contributed by atoms with Gasteiger partial charge in [0, 0.05) is 42.0 Å². The molecule has 1 unspecified atom stereocenters. The van der Waals surface area contributed by atoms with E-state index in [2.05, 4.69) is 10.3 Å². The van der Waals surface area contributed by atoms with E-state index in [4.69, 9.17) is 21.0 Å². The van der Waals surface area contributed by atoms with Gasteiger partial charge in [-0.1, -0.05) is 23.7 Å². The number of hydrogen-bond acceptors (Lipinski definition) is 6. The maximum absolute atomic E-state index is 13.2. The number of amides is 2. The van der Waals surface area contributed by atoms with Crippen LogP contribution in [0.2, 0.25) is 5.02 Å². The first-order chi connectivity index (χ1) is 18.2. The molecule has 38 heavy (non-hydrogen) atoms. The van der Waals surface area contributed by atoms with E-state index in [0.29, 0.717) is 51.7 Å². The van der Waals surface area contributed by atoms with Gasteiger partial charge < -0.3 is 19.5 Å². The van der Waals surface area contributed by atoms with Gasteiger partial charge in [0.2, 0.25) is 11.8 Å². The molecule has 1 atom stereocenters. The molecule has 0 saturated heterocycles. The summed E-state index contributed by atoms with van der Waals surface area (Å²) in [6.07, 6.45) is 0.408. The van der Waals surface area contributed by atoms with Crippen LogP contribution in [0.15, 0.2) is 74.9 Å². The highest BCUT2D eigenvalue weighted by Gasteiger charge is 2.35. The van der Waals surface area contributed by atoms with Gasteiger partial charge in [0.05, 0.1) is 16.9 Å². The molecule has 2 amide bonds. The monoisotopic (exact) mass is 531 g/mol. The van der Waals surface area contributed by atoms with Crippen molar-refractivity contribution in [1.29, 1.82) is 0 Å². The molecule has 0 aliphatic carbocycles. The van der Waals surface area contributed by atoms with Crippen molar-refractivity contribution in [2.24, 2.45) is 4.99 Å². The number of halogens is 1. The number of fused-ring (bicyclic) bond motifs is 2. The van der Waals surface area contributed by atoms with E-state index in [0.717, 1.165) is 11.3 Å². The molecule has 0 saturated carbocycles. The molecule has 194 valence electrons. The molecular weight excluding hydrogens is 506 g/mol. The molecule has 5 rings (SSSR count). The van der Waals surface area contributed by atoms with Crippen LogP contribution in [0.5, 0.6) is 0 Å². The third kappa shape index (κ3) is 5.11. The summed E-state index contributed by atoms with van der Waals surface area (Å²) in [7, 11) is 5.60. The average Bonchev–Trinajstić information content (AvgIpc) is 3.42. The molecule has 3 aromatic carbocycles. The predicted octanol–water partition coefficient (Wildman–Crippen LogP) is 4.55. The van der Waals surface area contributed by atoms with Crippen molar-refractivity contribution in [3.05, 3.63) is 87.4 Å². The normalized spacial score (nSPS) is 15.1. The number of oxazole rings is 1. The van der Waals surface area contributed by atoms with E-state index in [1.54, 1.807) is 54.4 Å². The topological polar surface area (TPSA) is 111 Å². The van der Waals surface area contributed by atoms with Crippen LogP contribution in [0.25, 0.3) is 11.1 Å². The summed E-state index contributed by atoms with van der Waals surface area (Å²) in [5.74, 6) is -1.50. The van der Waals surface area contributed by atoms with Crippen molar-refractivity contribution in [3.8, 4) is 0 Å². The molecule has 9 nitrogen and oxygen atoms in total. The highest BCUT2D eigenvalue weighted by molar-refractivity contribution is 6.31. The van der Waals surface area contributed by atoms with Crippen LogP contribution < -0.4 is 16.0 Å². The minimum absolute atomic E-state index is 0.00910. The summed E-state index contributed by atoms with van der Waals surface area (Å²) in [5, 5.41) is 3.40. The molecule has 2 heterocycles. The minimum atomic E-state index is -0.708. The van der Waals surface area contributed by atoms with Crippen LogP contribution in [0.1, 0.15) is 23.5 Å². The molecule has 2 N–H and O–H groups in total. The van der Waals surface area contributed by atoms with E-state index >= 15 is 0 Å². The van der Waals surface area contributed by atoms with Crippen LogP contribution in [0, 0.1) is 0 Å². The summed E-state index contributed by atoms with van der Waals surface area (Å²) < 4.78 is 5.26. The summed E-state index contributed by atoms with van der Waals surface area (Å²) in [6.45, 7) is 0.663. The third-order valence-corrected chi connectivity index (χ3v) is 6.71. The second kappa shape index (κ2) is 10.3. The molecule has 1 aromatic heterocycles. The van der Waals surface area contributed by atoms with E-state index in [-0.39, 0.29) is 11.8 Å². The van der Waals surface area contributed by atoms with Crippen molar-refractivity contribution >= 4 is 57.3 Å². The quantitative estimate of drug-likeness (QED) is 0.340. The number of hydrogen-bond donors (Lipinski definition) is 2. The first-order valence-electron chi connectivity index (χ1n) is 12.0. The Balaban J connectivity index is 1.54. The lowest BCUT2D eigenvalue weighted by Gasteiger charge is -2.19. The van der Waals surface area contributed by atoms with Crippen molar-refractivity contribution in [1.82, 2.24) is 9.88 Å². The number of nitrogens with one attached hydrogen (secondary N) is 2. The Morgan fingerprint density at radius 1 is 1.03 bits per heavy atom. The average molecular weight is 532 g/mol. The lowest BCUT2D eigenvalue weighted by Crippen LogP contribution is -2.29. The second-order valence-corrected chi connectivity index (χ2v) is 9.84. The molecule has 1 aliphatic heterocycles. The zero-order valence-electron chi connectivity index (χ0n) is 21.1. The summed E-state index contributed by atoms with van der Waals surface area (Å²) in [5.41, 5.74) is 4.74. The van der Waals surface area contributed by atoms with Crippen LogP contribution in [-0.2, 0) is 9.59 Å². The molecule has 10 heteroatoms. The van der Waals surface area contributed by atoms with Crippen LogP contribution in [0.4, 0.5) is 17.1 Å². The number of aromatic amines is 1. The van der Waals surface area contributed by atoms with Crippen molar-refractivity contribution in [2.75, 3.05) is 37.9 Å². The van der Waals surface area contributed by atoms with Crippen LogP contribution in [0.3, 0.4) is 0 Å². The van der Waals surface area contributed by atoms with Gasteiger partial charge in [-0.3, -0.25) is 19.6 Å². The summed E-state index contributed by atoms with van der Waals surface area (Å²) >= 11 is 6.15. The molecular formula is C28H26ClN5O4. The molecule has 0 radical (unpaired) electrons. The first kappa shape index (κ1) is 25.4. The highest BCUT2D eigenvalue weighted by Crippen LogP contribution is 2.38. The van der Waals surface area contributed by atoms with E-state index in [9.17, 15) is 14.4 Å². The van der Waals surface area contributed by atoms with Gasteiger partial charge in [0.25, 0.3) is 0 Å². The van der Waals surface area contributed by atoms with Gasteiger partial charge in [0.15, 0.2) is 5.58 Å². The smallest absolute Gasteiger partial charge is 0.408 e. The zero-order chi connectivity index (χ0) is 27.0. The summed E-state index contributed by atoms with van der Waals surface area (Å²) in [4.78, 5) is 48.5. The Hall–Kier alpha value is -4.21. The number of carbonyl (C=O) groups is 2. The number of aromatic nitrogens is 1. The van der Waals surface area contributed by atoms with Gasteiger partial charge in [-0.2, -0.15) is 0 Å². The fourth-order valence-electron chi connectivity index (χ4n) is 4.43. The number of H-pyrrole nitrogens is 1. The molecule has 4 aromatic rings. The number of rotatable bonds is 7. The van der Waals surface area contributed by atoms with Gasteiger partial charge >= 0.3 is 5.76 Å². The van der Waals surface area contributed by atoms with Gasteiger partial charge in [0.1, 0.15) is 5.92 Å². The van der Waals surface area contributed by atoms with Gasteiger partial charge in [-0.25, -0.2) is 4.79 Å². The molecule has 0 spiro atoms. The van der Waals surface area contributed by atoms with E-state index < -0.39 is 11.7 Å². The van der Waals surface area contributed by atoms with E-state index in [1.165, 1.54) is 0 Å². The summed E-state index contributed by atoms with van der Waals surface area (Å²) in [6, 6.07) is 17.7. The maximum atomic E-state index is 13.2. The van der Waals surface area contributed by atoms with Crippen molar-refractivity contribution < 1.29 is 14.0 Å². The number of nitrogens with zero attached hydrogens (tertiary/aromatic N) is 3. The van der Waals surface area contributed by atoms with Crippen molar-refractivity contribution in [3.63, 3.8) is 0 Å². The van der Waals surface area contributed by atoms with Gasteiger partial charge in [-0.15, -0.1) is 0 Å². The number of benzene rings is 3. The third-order valence-electron chi connectivity index (χ3n) is 6.47. The van der Waals surface area contributed by atoms with Crippen molar-refractivity contribution in [2.45, 2.75) is 12.3 Å². The molecule has 1 aliphatic rings. The highest BCUT2D eigenvalue weighted by atomic mass is 35.5. The lowest BCUT2D eigenvalue weighted by molar-refractivity contribution is -0.118. The maximum Gasteiger partial charge on any atom is 0.417 e. The number of aliphatic imine (C=N–C) groups is 1. The standard InChI is InChI=1S/C28H26ClN5O4/c1-33(2)13-12-24(35)34(3)19-8-6-18(7-9-19)30-26(16-4-11-21-23(14-16)38-28(37)32-21)25-20-10-5-17(29)15-22(20)31-27(25)36/h4-11,14-15,25H,12-13H2,1-3H3,(H,31,36)(H,32,37). The lowest BCUT2D eigenvalue weighted by atomic mass is 9.90. The van der Waals surface area contributed by atoms with Gasteiger partial charge in [-0.05, 0) is 68.2 Å². The SMILES string of the molecule is CN(C)CCC(=O)N(C)c1ccc(N=C(c2ccc3[nH]c(=O)oc3c2)C2C(=O)Nc3cc(Cl)ccc32)cc1. The minimum Gasteiger partial charge on any atom is -0.408 e.